The first-order valence-electron chi connectivity index (χ1n) is 4.91. The summed E-state index contributed by atoms with van der Waals surface area (Å²) in [4.78, 5) is 0. The fourth-order valence-electron chi connectivity index (χ4n) is 1.24. The maximum absolute atomic E-state index is 9.10. The molecule has 0 saturated carbocycles. The Hall–Kier alpha value is -0.490. The van der Waals surface area contributed by atoms with Gasteiger partial charge in [0.15, 0.2) is 0 Å². The summed E-state index contributed by atoms with van der Waals surface area (Å²) in [6, 6.07) is 3.68. The minimum Gasteiger partial charge on any atom is -0.493 e. The van der Waals surface area contributed by atoms with Crippen LogP contribution in [0.4, 0.5) is 0 Å². The molecule has 0 saturated heterocycles. The van der Waals surface area contributed by atoms with E-state index < -0.39 is 0 Å². The second-order valence-electron chi connectivity index (χ2n) is 2.93. The molecule has 0 radical (unpaired) electrons. The number of aliphatic hydroxyl groups is 1. The topological polar surface area (TPSA) is 38.7 Å². The second kappa shape index (κ2) is 6.17. The van der Waals surface area contributed by atoms with E-state index in [4.69, 9.17) is 14.6 Å². The van der Waals surface area contributed by atoms with E-state index in [-0.39, 0.29) is 6.61 Å². The van der Waals surface area contributed by atoms with Gasteiger partial charge in [-0.05, 0) is 54.1 Å². The van der Waals surface area contributed by atoms with Gasteiger partial charge in [-0.15, -0.1) is 0 Å². The van der Waals surface area contributed by atoms with Crippen molar-refractivity contribution < 1.29 is 14.6 Å². The zero-order chi connectivity index (χ0) is 11.3. The van der Waals surface area contributed by atoms with E-state index in [2.05, 4.69) is 22.6 Å². The van der Waals surface area contributed by atoms with Gasteiger partial charge in [0.1, 0.15) is 11.5 Å². The summed E-state index contributed by atoms with van der Waals surface area (Å²) in [5.41, 5.74) is 0.808. The Balaban J connectivity index is 3.08. The van der Waals surface area contributed by atoms with Crippen molar-refractivity contribution in [2.45, 2.75) is 20.5 Å². The lowest BCUT2D eigenvalue weighted by atomic mass is 10.2. The molecule has 1 aromatic rings. The Kier molecular flexibility index (Phi) is 5.17. The van der Waals surface area contributed by atoms with Crippen molar-refractivity contribution in [3.63, 3.8) is 0 Å². The number of ether oxygens (including phenoxy) is 2. The molecule has 0 aromatic heterocycles. The van der Waals surface area contributed by atoms with Crippen molar-refractivity contribution in [3.8, 4) is 11.5 Å². The third-order valence-corrected chi connectivity index (χ3v) is 2.91. The molecule has 1 N–H and O–H groups in total. The summed E-state index contributed by atoms with van der Waals surface area (Å²) in [5.74, 6) is 1.54. The van der Waals surface area contributed by atoms with Crippen molar-refractivity contribution in [1.82, 2.24) is 0 Å². The van der Waals surface area contributed by atoms with Crippen LogP contribution in [-0.4, -0.2) is 18.3 Å². The standard InChI is InChI=1S/C11H15IO3/c1-3-14-9-5-8(7-13)6-10(11(9)12)15-4-2/h5-6,13H,3-4,7H2,1-2H3. The number of aliphatic hydroxyl groups excluding tert-OH is 1. The van der Waals surface area contributed by atoms with Crippen LogP contribution in [0.15, 0.2) is 12.1 Å². The molecular weight excluding hydrogens is 307 g/mol. The molecular formula is C11H15IO3. The Morgan fingerprint density at radius 3 is 1.93 bits per heavy atom. The van der Waals surface area contributed by atoms with E-state index in [0.717, 1.165) is 20.6 Å². The Labute approximate surface area is 104 Å². The summed E-state index contributed by atoms with van der Waals surface area (Å²) < 4.78 is 11.9. The molecule has 0 aliphatic rings. The van der Waals surface area contributed by atoms with Gasteiger partial charge in [-0.2, -0.15) is 0 Å². The number of halogens is 1. The number of hydrogen-bond donors (Lipinski definition) is 1. The molecule has 1 aromatic carbocycles. The highest BCUT2D eigenvalue weighted by atomic mass is 127. The first kappa shape index (κ1) is 12.6. The van der Waals surface area contributed by atoms with Crippen molar-refractivity contribution in [2.75, 3.05) is 13.2 Å². The number of benzene rings is 1. The van der Waals surface area contributed by atoms with Gasteiger partial charge in [-0.3, -0.25) is 0 Å². The van der Waals surface area contributed by atoms with E-state index >= 15 is 0 Å². The molecule has 0 amide bonds. The van der Waals surface area contributed by atoms with E-state index in [0.29, 0.717) is 13.2 Å². The Bertz CT molecular complexity index is 299. The monoisotopic (exact) mass is 322 g/mol. The van der Waals surface area contributed by atoms with Gasteiger partial charge in [0, 0.05) is 0 Å². The second-order valence-corrected chi connectivity index (χ2v) is 4.01. The van der Waals surface area contributed by atoms with Crippen LogP contribution < -0.4 is 9.47 Å². The van der Waals surface area contributed by atoms with Gasteiger partial charge in [0.2, 0.25) is 0 Å². The van der Waals surface area contributed by atoms with Gasteiger partial charge in [-0.1, -0.05) is 0 Å². The highest BCUT2D eigenvalue weighted by Gasteiger charge is 2.10. The molecule has 84 valence electrons. The van der Waals surface area contributed by atoms with E-state index in [1.807, 2.05) is 26.0 Å². The molecule has 1 rings (SSSR count). The van der Waals surface area contributed by atoms with Crippen LogP contribution in [0.3, 0.4) is 0 Å². The van der Waals surface area contributed by atoms with E-state index in [1.54, 1.807) is 0 Å². The lowest BCUT2D eigenvalue weighted by Gasteiger charge is -2.12. The predicted octanol–water partition coefficient (Wildman–Crippen LogP) is 2.58. The molecule has 4 heteroatoms. The maximum atomic E-state index is 9.10. The normalized spacial score (nSPS) is 10.1. The first-order valence-corrected chi connectivity index (χ1v) is 5.99. The zero-order valence-electron chi connectivity index (χ0n) is 8.92. The van der Waals surface area contributed by atoms with Crippen LogP contribution in [-0.2, 0) is 6.61 Å². The third-order valence-electron chi connectivity index (χ3n) is 1.85. The predicted molar refractivity (Wildman–Crippen MR) is 67.4 cm³/mol. The fourth-order valence-corrected chi connectivity index (χ4v) is 1.86. The van der Waals surface area contributed by atoms with Crippen LogP contribution in [0.25, 0.3) is 0 Å². The van der Waals surface area contributed by atoms with Crippen molar-refractivity contribution in [3.05, 3.63) is 21.3 Å². The highest BCUT2D eigenvalue weighted by molar-refractivity contribution is 14.1. The molecule has 0 atom stereocenters. The Morgan fingerprint density at radius 2 is 1.60 bits per heavy atom. The van der Waals surface area contributed by atoms with Crippen LogP contribution >= 0.6 is 22.6 Å². The molecule has 15 heavy (non-hydrogen) atoms. The zero-order valence-corrected chi connectivity index (χ0v) is 11.1. The quantitative estimate of drug-likeness (QED) is 0.847. The molecule has 0 spiro atoms. The van der Waals surface area contributed by atoms with Crippen LogP contribution in [0.1, 0.15) is 19.4 Å². The maximum Gasteiger partial charge on any atom is 0.136 e. The summed E-state index contributed by atoms with van der Waals surface area (Å²) in [7, 11) is 0. The summed E-state index contributed by atoms with van der Waals surface area (Å²) in [6.07, 6.45) is 0. The molecule has 0 aliphatic carbocycles. The number of hydrogen-bond acceptors (Lipinski definition) is 3. The molecule has 0 bridgehead atoms. The van der Waals surface area contributed by atoms with Crippen molar-refractivity contribution >= 4 is 22.6 Å². The lowest BCUT2D eigenvalue weighted by Crippen LogP contribution is -2.00. The van der Waals surface area contributed by atoms with Crippen molar-refractivity contribution in [1.29, 1.82) is 0 Å². The van der Waals surface area contributed by atoms with E-state index in [9.17, 15) is 0 Å². The molecule has 0 fully saturated rings. The van der Waals surface area contributed by atoms with Gasteiger partial charge < -0.3 is 14.6 Å². The van der Waals surface area contributed by atoms with Crippen molar-refractivity contribution in [2.24, 2.45) is 0 Å². The van der Waals surface area contributed by atoms with Gasteiger partial charge in [0.05, 0.1) is 23.4 Å². The summed E-state index contributed by atoms with van der Waals surface area (Å²) >= 11 is 2.19. The minimum atomic E-state index is -0.00291. The average Bonchev–Trinajstić information content (AvgIpc) is 2.24. The SMILES string of the molecule is CCOc1cc(CO)cc(OCC)c1I. The molecule has 0 unspecified atom stereocenters. The average molecular weight is 322 g/mol. The molecule has 0 heterocycles. The van der Waals surface area contributed by atoms with Gasteiger partial charge >= 0.3 is 0 Å². The summed E-state index contributed by atoms with van der Waals surface area (Å²) in [6.45, 7) is 5.08. The lowest BCUT2D eigenvalue weighted by molar-refractivity contribution is 0.276. The number of rotatable bonds is 5. The fraction of sp³-hybridized carbons (Fsp3) is 0.455. The first-order chi connectivity index (χ1) is 7.22. The third kappa shape index (κ3) is 3.24. The van der Waals surface area contributed by atoms with Gasteiger partial charge in [0.25, 0.3) is 0 Å². The Morgan fingerprint density at radius 1 is 1.13 bits per heavy atom. The molecule has 3 nitrogen and oxygen atoms in total. The van der Waals surface area contributed by atoms with E-state index in [1.165, 1.54) is 0 Å². The van der Waals surface area contributed by atoms with Crippen LogP contribution in [0.5, 0.6) is 11.5 Å². The largest absolute Gasteiger partial charge is 0.493 e. The van der Waals surface area contributed by atoms with Crippen LogP contribution in [0, 0.1) is 3.57 Å². The van der Waals surface area contributed by atoms with Crippen LogP contribution in [0.2, 0.25) is 0 Å². The minimum absolute atomic E-state index is 0.00291. The highest BCUT2D eigenvalue weighted by Crippen LogP contribution is 2.32. The summed E-state index contributed by atoms with van der Waals surface area (Å²) in [5, 5.41) is 9.10. The molecule has 0 aliphatic heterocycles. The van der Waals surface area contributed by atoms with Gasteiger partial charge in [-0.25, -0.2) is 0 Å². The smallest absolute Gasteiger partial charge is 0.136 e.